The molecule has 3 aromatic rings. The molecule has 0 bridgehead atoms. The van der Waals surface area contributed by atoms with E-state index in [2.05, 4.69) is 20.8 Å². The normalized spacial score (nSPS) is 18.6. The van der Waals surface area contributed by atoms with Crippen LogP contribution in [0.3, 0.4) is 0 Å². The van der Waals surface area contributed by atoms with Gasteiger partial charge < -0.3 is 19.5 Å². The minimum atomic E-state index is -0.803. The second-order valence-electron chi connectivity index (χ2n) is 10.8. The number of carbonyl (C=O) groups excluding carboxylic acids is 2. The van der Waals surface area contributed by atoms with Crippen molar-refractivity contribution >= 4 is 28.8 Å². The van der Waals surface area contributed by atoms with E-state index in [0.717, 1.165) is 16.8 Å². The maximum atomic E-state index is 13.5. The molecule has 38 heavy (non-hydrogen) atoms. The second kappa shape index (κ2) is 9.56. The van der Waals surface area contributed by atoms with Crippen LogP contribution in [0.1, 0.15) is 43.5 Å². The number of anilines is 2. The first-order valence-electron chi connectivity index (χ1n) is 12.6. The van der Waals surface area contributed by atoms with Crippen LogP contribution in [-0.4, -0.2) is 44.1 Å². The van der Waals surface area contributed by atoms with Gasteiger partial charge in [-0.15, -0.1) is 0 Å². The minimum absolute atomic E-state index is 0.0341. The lowest BCUT2D eigenvalue weighted by Gasteiger charge is -2.27. The largest absolute Gasteiger partial charge is 0.507 e. The summed E-state index contributed by atoms with van der Waals surface area (Å²) in [6, 6.07) is 19.5. The number of aliphatic hydroxyl groups is 1. The second-order valence-corrected chi connectivity index (χ2v) is 10.8. The molecule has 7 heteroatoms. The fourth-order valence-corrected chi connectivity index (χ4v) is 4.84. The number of fused-ring (bicyclic) bond motifs is 1. The van der Waals surface area contributed by atoms with Crippen molar-refractivity contribution in [3.05, 3.63) is 89.0 Å². The zero-order chi connectivity index (χ0) is 27.2. The number of hydrogen-bond acceptors (Lipinski definition) is 6. The Hall–Kier alpha value is -4.26. The molecule has 0 radical (unpaired) electrons. The number of hydrogen-bond donors (Lipinski definition) is 1. The van der Waals surface area contributed by atoms with Crippen LogP contribution in [0.2, 0.25) is 0 Å². The summed E-state index contributed by atoms with van der Waals surface area (Å²) in [6.45, 7) is 7.22. The standard InChI is InChI=1S/C31H32N2O5/c1-31(2,3)21-9-6-19(7-10-21)27-26(28(34)20-8-15-24-25(18-20)38-17-16-37-24)29(35)30(36)33(27)23-13-11-22(12-14-23)32(4)5/h6-15,18,27,34H,16-17H2,1-5H3/b28-26-. The molecule has 1 unspecified atom stereocenters. The summed E-state index contributed by atoms with van der Waals surface area (Å²) >= 11 is 0. The van der Waals surface area contributed by atoms with Gasteiger partial charge in [0.05, 0.1) is 11.6 Å². The molecular weight excluding hydrogens is 480 g/mol. The van der Waals surface area contributed by atoms with Crippen molar-refractivity contribution in [1.29, 1.82) is 0 Å². The van der Waals surface area contributed by atoms with Crippen LogP contribution >= 0.6 is 0 Å². The predicted molar refractivity (Wildman–Crippen MR) is 148 cm³/mol. The average molecular weight is 513 g/mol. The van der Waals surface area contributed by atoms with Crippen LogP contribution in [-0.2, 0) is 15.0 Å². The molecule has 0 spiro atoms. The third kappa shape index (κ3) is 4.49. The lowest BCUT2D eigenvalue weighted by molar-refractivity contribution is -0.132. The van der Waals surface area contributed by atoms with Crippen LogP contribution < -0.4 is 19.3 Å². The molecule has 3 aromatic carbocycles. The van der Waals surface area contributed by atoms with Crippen LogP contribution in [0.4, 0.5) is 11.4 Å². The molecule has 5 rings (SSSR count). The van der Waals surface area contributed by atoms with E-state index in [1.807, 2.05) is 67.5 Å². The Morgan fingerprint density at radius 1 is 0.895 bits per heavy atom. The van der Waals surface area contributed by atoms with Gasteiger partial charge in [0.2, 0.25) is 0 Å². The molecule has 1 atom stereocenters. The first-order chi connectivity index (χ1) is 18.1. The summed E-state index contributed by atoms with van der Waals surface area (Å²) in [6.07, 6.45) is 0. The Kier molecular flexibility index (Phi) is 6.39. The highest BCUT2D eigenvalue weighted by atomic mass is 16.6. The van der Waals surface area contributed by atoms with E-state index in [-0.39, 0.29) is 16.7 Å². The van der Waals surface area contributed by atoms with E-state index in [1.54, 1.807) is 18.2 Å². The molecule has 2 aliphatic rings. The van der Waals surface area contributed by atoms with Crippen molar-refractivity contribution in [2.24, 2.45) is 0 Å². The van der Waals surface area contributed by atoms with Gasteiger partial charge in [-0.1, -0.05) is 45.0 Å². The summed E-state index contributed by atoms with van der Waals surface area (Å²) in [5, 5.41) is 11.5. The Morgan fingerprint density at radius 2 is 1.53 bits per heavy atom. The maximum Gasteiger partial charge on any atom is 0.300 e. The van der Waals surface area contributed by atoms with Crippen molar-refractivity contribution in [2.75, 3.05) is 37.1 Å². The lowest BCUT2D eigenvalue weighted by Crippen LogP contribution is -2.29. The Bertz CT molecular complexity index is 1420. The third-order valence-corrected chi connectivity index (χ3v) is 7.00. The molecule has 2 aliphatic heterocycles. The number of carbonyl (C=O) groups is 2. The van der Waals surface area contributed by atoms with Crippen LogP contribution in [0, 0.1) is 0 Å². The highest BCUT2D eigenvalue weighted by molar-refractivity contribution is 6.51. The monoisotopic (exact) mass is 512 g/mol. The number of aliphatic hydroxyl groups excluding tert-OH is 1. The van der Waals surface area contributed by atoms with E-state index in [1.165, 1.54) is 4.90 Å². The Balaban J connectivity index is 1.66. The summed E-state index contributed by atoms with van der Waals surface area (Å²) in [7, 11) is 3.87. The molecule has 0 aliphatic carbocycles. The third-order valence-electron chi connectivity index (χ3n) is 7.00. The van der Waals surface area contributed by atoms with E-state index in [4.69, 9.17) is 9.47 Å². The molecule has 7 nitrogen and oxygen atoms in total. The molecule has 0 aromatic heterocycles. The molecule has 0 saturated carbocycles. The first kappa shape index (κ1) is 25.4. The van der Waals surface area contributed by atoms with Crippen molar-refractivity contribution in [3.63, 3.8) is 0 Å². The van der Waals surface area contributed by atoms with E-state index >= 15 is 0 Å². The smallest absolute Gasteiger partial charge is 0.300 e. The van der Waals surface area contributed by atoms with Crippen LogP contribution in [0.5, 0.6) is 11.5 Å². The molecule has 1 N–H and O–H groups in total. The molecule has 1 amide bonds. The highest BCUT2D eigenvalue weighted by Crippen LogP contribution is 2.44. The van der Waals surface area contributed by atoms with Gasteiger partial charge in [0, 0.05) is 31.0 Å². The van der Waals surface area contributed by atoms with Crippen LogP contribution in [0.15, 0.2) is 72.3 Å². The number of rotatable bonds is 4. The maximum absolute atomic E-state index is 13.5. The van der Waals surface area contributed by atoms with Gasteiger partial charge in [-0.3, -0.25) is 14.5 Å². The van der Waals surface area contributed by atoms with Crippen LogP contribution in [0.25, 0.3) is 5.76 Å². The number of Topliss-reactive ketones (excluding diaryl/α,β-unsaturated/α-hetero) is 1. The van der Waals surface area contributed by atoms with Gasteiger partial charge in [-0.2, -0.15) is 0 Å². The molecule has 1 fully saturated rings. The Labute approximate surface area is 222 Å². The first-order valence-corrected chi connectivity index (χ1v) is 12.6. The van der Waals surface area contributed by atoms with Crippen molar-refractivity contribution in [1.82, 2.24) is 0 Å². The zero-order valence-corrected chi connectivity index (χ0v) is 22.3. The molecule has 2 heterocycles. The van der Waals surface area contributed by atoms with E-state index in [9.17, 15) is 14.7 Å². The van der Waals surface area contributed by atoms with Gasteiger partial charge >= 0.3 is 0 Å². The SMILES string of the molecule is CN(C)c1ccc(N2C(=O)C(=O)/C(=C(\O)c3ccc4c(c3)OCCO4)C2c2ccc(C(C)(C)C)cc2)cc1. The van der Waals surface area contributed by atoms with Crippen molar-refractivity contribution < 1.29 is 24.2 Å². The molecule has 1 saturated heterocycles. The van der Waals surface area contributed by atoms with Crippen molar-refractivity contribution in [3.8, 4) is 11.5 Å². The fourth-order valence-electron chi connectivity index (χ4n) is 4.84. The summed E-state index contributed by atoms with van der Waals surface area (Å²) in [5.41, 5.74) is 3.75. The van der Waals surface area contributed by atoms with Gasteiger partial charge in [0.15, 0.2) is 11.5 Å². The van der Waals surface area contributed by atoms with Gasteiger partial charge in [-0.25, -0.2) is 0 Å². The van der Waals surface area contributed by atoms with Crippen molar-refractivity contribution in [2.45, 2.75) is 32.2 Å². The zero-order valence-electron chi connectivity index (χ0n) is 22.3. The molecule has 196 valence electrons. The summed E-state index contributed by atoms with van der Waals surface area (Å²) in [5.74, 6) is -0.619. The van der Waals surface area contributed by atoms with Gasteiger partial charge in [0.25, 0.3) is 11.7 Å². The number of nitrogens with zero attached hydrogens (tertiary/aromatic N) is 2. The van der Waals surface area contributed by atoms with E-state index < -0.39 is 17.7 Å². The topological polar surface area (TPSA) is 79.3 Å². The average Bonchev–Trinajstić information content (AvgIpc) is 3.17. The predicted octanol–water partition coefficient (Wildman–Crippen LogP) is 5.45. The molecular formula is C31H32N2O5. The van der Waals surface area contributed by atoms with E-state index in [0.29, 0.717) is 36.0 Å². The number of benzene rings is 3. The summed E-state index contributed by atoms with van der Waals surface area (Å²) < 4.78 is 11.3. The van der Waals surface area contributed by atoms with Gasteiger partial charge in [-0.05, 0) is 59.0 Å². The number of amides is 1. The minimum Gasteiger partial charge on any atom is -0.507 e. The summed E-state index contributed by atoms with van der Waals surface area (Å²) in [4.78, 5) is 30.4. The lowest BCUT2D eigenvalue weighted by atomic mass is 9.85. The fraction of sp³-hybridized carbons (Fsp3) is 0.290. The number of ketones is 1. The van der Waals surface area contributed by atoms with Gasteiger partial charge in [0.1, 0.15) is 19.0 Å². The highest BCUT2D eigenvalue weighted by Gasteiger charge is 2.47. The Morgan fingerprint density at radius 3 is 2.13 bits per heavy atom. The quantitative estimate of drug-likeness (QED) is 0.285. The number of ether oxygens (including phenoxy) is 2.